The lowest BCUT2D eigenvalue weighted by molar-refractivity contribution is -0.117. The number of nitrogens with zero attached hydrogens (tertiary/aromatic N) is 1. The van der Waals surface area contributed by atoms with E-state index in [1.165, 1.54) is 0 Å². The molecule has 1 heterocycles. The first kappa shape index (κ1) is 17.5. The molecule has 0 fully saturated rings. The number of carbonyl (C=O) groups is 2. The number of aromatic nitrogens is 1. The standard InChI is InChI=1S/C17H22N4O3/c1-5-18-17(23)20-14-8-6-7-13(9-14)19-16(22)10(2)15-11(3)21-24-12(15)4/h6-10H,5H2,1-4H3,(H,19,22)(H2,18,20,23). The van der Waals surface area contributed by atoms with E-state index < -0.39 is 5.92 Å². The van der Waals surface area contributed by atoms with Gasteiger partial charge in [-0.25, -0.2) is 4.79 Å². The molecule has 1 atom stereocenters. The predicted molar refractivity (Wildman–Crippen MR) is 92.2 cm³/mol. The highest BCUT2D eigenvalue weighted by Gasteiger charge is 2.23. The van der Waals surface area contributed by atoms with Crippen molar-refractivity contribution in [2.75, 3.05) is 17.2 Å². The number of anilines is 2. The van der Waals surface area contributed by atoms with Gasteiger partial charge in [0.1, 0.15) is 5.76 Å². The summed E-state index contributed by atoms with van der Waals surface area (Å²) in [6.07, 6.45) is 0. The fourth-order valence-electron chi connectivity index (χ4n) is 2.50. The van der Waals surface area contributed by atoms with E-state index in [4.69, 9.17) is 4.52 Å². The Bertz CT molecular complexity index is 720. The van der Waals surface area contributed by atoms with Crippen molar-refractivity contribution in [1.82, 2.24) is 10.5 Å². The topological polar surface area (TPSA) is 96.3 Å². The largest absolute Gasteiger partial charge is 0.361 e. The monoisotopic (exact) mass is 330 g/mol. The van der Waals surface area contributed by atoms with Gasteiger partial charge in [-0.15, -0.1) is 0 Å². The van der Waals surface area contributed by atoms with Crippen LogP contribution in [-0.2, 0) is 4.79 Å². The lowest BCUT2D eigenvalue weighted by Crippen LogP contribution is -2.28. The molecular weight excluding hydrogens is 308 g/mol. The number of benzene rings is 1. The van der Waals surface area contributed by atoms with E-state index in [0.29, 0.717) is 29.4 Å². The van der Waals surface area contributed by atoms with Crippen LogP contribution >= 0.6 is 0 Å². The van der Waals surface area contributed by atoms with Crippen LogP contribution in [0.1, 0.15) is 36.8 Å². The fourth-order valence-corrected chi connectivity index (χ4v) is 2.50. The van der Waals surface area contributed by atoms with Crippen LogP contribution in [0.25, 0.3) is 0 Å². The summed E-state index contributed by atoms with van der Waals surface area (Å²) >= 11 is 0. The summed E-state index contributed by atoms with van der Waals surface area (Å²) in [6, 6.07) is 6.69. The Morgan fingerprint density at radius 2 is 1.88 bits per heavy atom. The van der Waals surface area contributed by atoms with E-state index >= 15 is 0 Å². The first-order chi connectivity index (χ1) is 11.4. The average Bonchev–Trinajstić information content (AvgIpc) is 2.86. The van der Waals surface area contributed by atoms with Crippen LogP contribution < -0.4 is 16.0 Å². The zero-order valence-electron chi connectivity index (χ0n) is 14.3. The Kier molecular flexibility index (Phi) is 5.57. The molecule has 128 valence electrons. The Balaban J connectivity index is 2.08. The van der Waals surface area contributed by atoms with Gasteiger partial charge in [0.25, 0.3) is 0 Å². The maximum Gasteiger partial charge on any atom is 0.319 e. The minimum Gasteiger partial charge on any atom is -0.361 e. The summed E-state index contributed by atoms with van der Waals surface area (Å²) < 4.78 is 5.12. The number of urea groups is 1. The van der Waals surface area contributed by atoms with Gasteiger partial charge in [0, 0.05) is 23.5 Å². The number of carbonyl (C=O) groups excluding carboxylic acids is 2. The number of hydrogen-bond donors (Lipinski definition) is 3. The average molecular weight is 330 g/mol. The van der Waals surface area contributed by atoms with Crippen LogP contribution in [0.3, 0.4) is 0 Å². The third-order valence-corrected chi connectivity index (χ3v) is 3.64. The van der Waals surface area contributed by atoms with Crippen molar-refractivity contribution < 1.29 is 14.1 Å². The Labute approximate surface area is 140 Å². The first-order valence-corrected chi connectivity index (χ1v) is 7.81. The summed E-state index contributed by atoms with van der Waals surface area (Å²) in [7, 11) is 0. The van der Waals surface area contributed by atoms with Gasteiger partial charge in [-0.2, -0.15) is 0 Å². The molecule has 24 heavy (non-hydrogen) atoms. The van der Waals surface area contributed by atoms with Gasteiger partial charge in [-0.3, -0.25) is 4.79 Å². The fraction of sp³-hybridized carbons (Fsp3) is 0.353. The van der Waals surface area contributed by atoms with E-state index in [1.807, 2.05) is 13.8 Å². The maximum atomic E-state index is 12.5. The van der Waals surface area contributed by atoms with E-state index in [-0.39, 0.29) is 11.9 Å². The van der Waals surface area contributed by atoms with Gasteiger partial charge in [0.05, 0.1) is 11.6 Å². The number of rotatable bonds is 5. The van der Waals surface area contributed by atoms with Crippen molar-refractivity contribution in [3.8, 4) is 0 Å². The van der Waals surface area contributed by atoms with Gasteiger partial charge in [-0.05, 0) is 45.9 Å². The molecule has 0 aliphatic carbocycles. The normalized spacial score (nSPS) is 11.7. The Hall–Kier alpha value is -2.83. The quantitative estimate of drug-likeness (QED) is 0.784. The zero-order chi connectivity index (χ0) is 17.7. The maximum absolute atomic E-state index is 12.5. The SMILES string of the molecule is CCNC(=O)Nc1cccc(NC(=O)C(C)c2c(C)noc2C)c1. The van der Waals surface area contributed by atoms with Crippen molar-refractivity contribution in [1.29, 1.82) is 0 Å². The van der Waals surface area contributed by atoms with Gasteiger partial charge in [-0.1, -0.05) is 11.2 Å². The highest BCUT2D eigenvalue weighted by Crippen LogP contribution is 2.25. The summed E-state index contributed by atoms with van der Waals surface area (Å²) in [4.78, 5) is 24.0. The highest BCUT2D eigenvalue weighted by atomic mass is 16.5. The third kappa shape index (κ3) is 4.13. The Morgan fingerprint density at radius 3 is 2.46 bits per heavy atom. The van der Waals surface area contributed by atoms with E-state index in [0.717, 1.165) is 5.56 Å². The molecule has 1 aromatic heterocycles. The van der Waals surface area contributed by atoms with Crippen molar-refractivity contribution in [3.63, 3.8) is 0 Å². The molecule has 3 N–H and O–H groups in total. The summed E-state index contributed by atoms with van der Waals surface area (Å²) in [5.74, 6) is 0.0811. The van der Waals surface area contributed by atoms with Gasteiger partial charge in [0.15, 0.2) is 0 Å². The molecule has 2 aromatic rings. The van der Waals surface area contributed by atoms with E-state index in [1.54, 1.807) is 38.1 Å². The molecule has 0 bridgehead atoms. The van der Waals surface area contributed by atoms with Gasteiger partial charge >= 0.3 is 6.03 Å². The molecule has 0 aliphatic heterocycles. The van der Waals surface area contributed by atoms with Crippen LogP contribution in [0.5, 0.6) is 0 Å². The van der Waals surface area contributed by atoms with Crippen LogP contribution in [-0.4, -0.2) is 23.6 Å². The third-order valence-electron chi connectivity index (χ3n) is 3.64. The van der Waals surface area contributed by atoms with Crippen LogP contribution in [0.4, 0.5) is 16.2 Å². The first-order valence-electron chi connectivity index (χ1n) is 7.81. The number of amides is 3. The second kappa shape index (κ2) is 7.63. The number of hydrogen-bond acceptors (Lipinski definition) is 4. The minimum absolute atomic E-state index is 0.167. The molecule has 3 amide bonds. The molecule has 7 heteroatoms. The molecule has 0 spiro atoms. The summed E-state index contributed by atoms with van der Waals surface area (Å²) in [5, 5.41) is 12.1. The molecule has 0 aliphatic rings. The molecule has 1 unspecified atom stereocenters. The Morgan fingerprint density at radius 1 is 1.21 bits per heavy atom. The van der Waals surface area contributed by atoms with Gasteiger partial charge < -0.3 is 20.5 Å². The van der Waals surface area contributed by atoms with Crippen molar-refractivity contribution >= 4 is 23.3 Å². The highest BCUT2D eigenvalue weighted by molar-refractivity contribution is 5.97. The molecule has 7 nitrogen and oxygen atoms in total. The second-order valence-corrected chi connectivity index (χ2v) is 5.51. The minimum atomic E-state index is -0.392. The van der Waals surface area contributed by atoms with Crippen molar-refractivity contribution in [2.24, 2.45) is 0 Å². The molecule has 0 radical (unpaired) electrons. The van der Waals surface area contributed by atoms with E-state index in [2.05, 4.69) is 21.1 Å². The van der Waals surface area contributed by atoms with Gasteiger partial charge in [0.2, 0.25) is 5.91 Å². The number of aryl methyl sites for hydroxylation is 2. The van der Waals surface area contributed by atoms with Crippen LogP contribution in [0.15, 0.2) is 28.8 Å². The summed E-state index contributed by atoms with van der Waals surface area (Å²) in [5.41, 5.74) is 2.71. The van der Waals surface area contributed by atoms with Crippen LogP contribution in [0, 0.1) is 13.8 Å². The van der Waals surface area contributed by atoms with Crippen LogP contribution in [0.2, 0.25) is 0 Å². The number of nitrogens with one attached hydrogen (secondary N) is 3. The lowest BCUT2D eigenvalue weighted by atomic mass is 9.98. The second-order valence-electron chi connectivity index (χ2n) is 5.51. The predicted octanol–water partition coefficient (Wildman–Crippen LogP) is 3.18. The molecule has 0 saturated heterocycles. The molecule has 1 aromatic carbocycles. The zero-order valence-corrected chi connectivity index (χ0v) is 14.3. The molecular formula is C17H22N4O3. The van der Waals surface area contributed by atoms with Crippen molar-refractivity contribution in [2.45, 2.75) is 33.6 Å². The summed E-state index contributed by atoms with van der Waals surface area (Å²) in [6.45, 7) is 7.78. The lowest BCUT2D eigenvalue weighted by Gasteiger charge is -2.13. The smallest absolute Gasteiger partial charge is 0.319 e. The van der Waals surface area contributed by atoms with Crippen molar-refractivity contribution in [3.05, 3.63) is 41.3 Å². The molecule has 2 rings (SSSR count). The van der Waals surface area contributed by atoms with E-state index in [9.17, 15) is 9.59 Å². The molecule has 0 saturated carbocycles.